The van der Waals surface area contributed by atoms with Crippen LogP contribution >= 0.6 is 23.2 Å². The van der Waals surface area contributed by atoms with Gasteiger partial charge in [-0.15, -0.1) is 6.58 Å². The maximum absolute atomic E-state index is 13.0. The van der Waals surface area contributed by atoms with Gasteiger partial charge >= 0.3 is 0 Å². The van der Waals surface area contributed by atoms with Gasteiger partial charge in [0.15, 0.2) is 0 Å². The summed E-state index contributed by atoms with van der Waals surface area (Å²) < 4.78 is 0. The number of carbonyl (C=O) groups is 2. The second-order valence-corrected chi connectivity index (χ2v) is 7.71. The molecule has 0 spiro atoms. The van der Waals surface area contributed by atoms with Crippen molar-refractivity contribution in [1.82, 2.24) is 4.90 Å². The Balaban J connectivity index is 1.68. The molecule has 0 saturated carbocycles. The zero-order valence-electron chi connectivity index (χ0n) is 16.0. The van der Waals surface area contributed by atoms with Crippen molar-refractivity contribution in [3.05, 3.63) is 71.2 Å². The zero-order chi connectivity index (χ0) is 20.8. The second-order valence-electron chi connectivity index (χ2n) is 6.87. The van der Waals surface area contributed by atoms with E-state index in [4.69, 9.17) is 23.2 Å². The maximum Gasteiger partial charge on any atom is 0.241 e. The van der Waals surface area contributed by atoms with Gasteiger partial charge in [0, 0.05) is 17.3 Å². The van der Waals surface area contributed by atoms with E-state index in [2.05, 4.69) is 11.9 Å². The van der Waals surface area contributed by atoms with Crippen LogP contribution in [0.5, 0.6) is 0 Å². The molecule has 29 heavy (non-hydrogen) atoms. The number of nitrogens with one attached hydrogen (secondary N) is 1. The normalized spacial score (nSPS) is 16.4. The zero-order valence-corrected chi connectivity index (χ0v) is 17.5. The average molecular weight is 432 g/mol. The Morgan fingerprint density at radius 1 is 1.21 bits per heavy atom. The van der Waals surface area contributed by atoms with Crippen molar-refractivity contribution in [3.8, 4) is 0 Å². The first-order valence-corrected chi connectivity index (χ1v) is 10.2. The van der Waals surface area contributed by atoms with Gasteiger partial charge in [0.2, 0.25) is 11.8 Å². The van der Waals surface area contributed by atoms with E-state index in [1.54, 1.807) is 29.2 Å². The van der Waals surface area contributed by atoms with E-state index in [0.717, 1.165) is 12.1 Å². The summed E-state index contributed by atoms with van der Waals surface area (Å²) in [5, 5.41) is 3.74. The largest absolute Gasteiger partial charge is 0.323 e. The predicted octanol–water partition coefficient (Wildman–Crippen LogP) is 4.62. The topological polar surface area (TPSA) is 52.7 Å². The molecule has 2 aromatic carbocycles. The van der Waals surface area contributed by atoms with Gasteiger partial charge in [-0.1, -0.05) is 47.5 Å². The molecule has 152 valence electrons. The van der Waals surface area contributed by atoms with Crippen LogP contribution in [0.2, 0.25) is 10.0 Å². The van der Waals surface area contributed by atoms with Gasteiger partial charge in [0.25, 0.3) is 0 Å². The Labute approximate surface area is 180 Å². The van der Waals surface area contributed by atoms with E-state index < -0.39 is 0 Å². The number of nitrogens with zero attached hydrogens (tertiary/aromatic N) is 2. The highest BCUT2D eigenvalue weighted by atomic mass is 35.5. The van der Waals surface area contributed by atoms with Crippen molar-refractivity contribution >= 4 is 46.4 Å². The van der Waals surface area contributed by atoms with Crippen LogP contribution in [0.25, 0.3) is 0 Å². The number of anilines is 2. The maximum atomic E-state index is 13.0. The molecule has 1 N–H and O–H groups in total. The lowest BCUT2D eigenvalue weighted by Gasteiger charge is -2.27. The van der Waals surface area contributed by atoms with Crippen molar-refractivity contribution in [2.75, 3.05) is 29.9 Å². The minimum atomic E-state index is -0.382. The van der Waals surface area contributed by atoms with Gasteiger partial charge in [0.05, 0.1) is 23.3 Å². The lowest BCUT2D eigenvalue weighted by atomic mass is 10.2. The third-order valence-corrected chi connectivity index (χ3v) is 5.42. The molecule has 1 aliphatic rings. The van der Waals surface area contributed by atoms with Gasteiger partial charge in [-0.2, -0.15) is 0 Å². The molecule has 1 heterocycles. The van der Waals surface area contributed by atoms with Crippen LogP contribution in [0.15, 0.2) is 61.2 Å². The van der Waals surface area contributed by atoms with E-state index in [9.17, 15) is 9.59 Å². The van der Waals surface area contributed by atoms with Crippen molar-refractivity contribution in [1.29, 1.82) is 0 Å². The number of benzene rings is 2. The van der Waals surface area contributed by atoms with E-state index in [1.807, 2.05) is 35.2 Å². The number of hydrogen-bond donors (Lipinski definition) is 1. The molecule has 0 radical (unpaired) electrons. The Hall–Kier alpha value is -2.34. The van der Waals surface area contributed by atoms with Crippen molar-refractivity contribution < 1.29 is 9.59 Å². The third kappa shape index (κ3) is 5.38. The van der Waals surface area contributed by atoms with Crippen LogP contribution in [-0.4, -0.2) is 42.4 Å². The molecular formula is C22H23Cl2N3O2. The molecule has 5 nitrogen and oxygen atoms in total. The van der Waals surface area contributed by atoms with Gasteiger partial charge in [-0.3, -0.25) is 14.5 Å². The van der Waals surface area contributed by atoms with Crippen molar-refractivity contribution in [3.63, 3.8) is 0 Å². The Bertz CT molecular complexity index is 889. The molecule has 1 saturated heterocycles. The van der Waals surface area contributed by atoms with Crippen LogP contribution in [-0.2, 0) is 9.59 Å². The number of carbonyl (C=O) groups excluding carboxylic acids is 2. The summed E-state index contributed by atoms with van der Waals surface area (Å²) in [6, 6.07) is 14.0. The lowest BCUT2D eigenvalue weighted by Crippen LogP contribution is -2.46. The van der Waals surface area contributed by atoms with E-state index in [-0.39, 0.29) is 24.4 Å². The first-order chi connectivity index (χ1) is 14.0. The highest BCUT2D eigenvalue weighted by Crippen LogP contribution is 2.27. The van der Waals surface area contributed by atoms with Crippen LogP contribution in [0.1, 0.15) is 12.8 Å². The molecule has 0 unspecified atom stereocenters. The van der Waals surface area contributed by atoms with Crippen LogP contribution in [0.3, 0.4) is 0 Å². The first kappa shape index (κ1) is 21.4. The predicted molar refractivity (Wildman–Crippen MR) is 119 cm³/mol. The smallest absolute Gasteiger partial charge is 0.241 e. The Morgan fingerprint density at radius 3 is 2.66 bits per heavy atom. The fourth-order valence-electron chi connectivity index (χ4n) is 3.47. The van der Waals surface area contributed by atoms with Crippen LogP contribution in [0, 0.1) is 0 Å². The standard InChI is InChI=1S/C22H23Cl2N3O2/c1-2-12-27(17-7-4-3-5-8-17)21(28)15-26-13-6-9-20(26)22(29)25-19-11-10-16(23)14-18(19)24/h2-5,7-8,10-11,14,20H,1,6,9,12-13,15H2,(H,25,29)/t20-/m0/s1. The van der Waals surface area contributed by atoms with Crippen molar-refractivity contribution in [2.45, 2.75) is 18.9 Å². The molecule has 2 aromatic rings. The van der Waals surface area contributed by atoms with E-state index >= 15 is 0 Å². The molecule has 1 aliphatic heterocycles. The third-order valence-electron chi connectivity index (χ3n) is 4.87. The highest BCUT2D eigenvalue weighted by molar-refractivity contribution is 6.36. The molecular weight excluding hydrogens is 409 g/mol. The minimum Gasteiger partial charge on any atom is -0.323 e. The Morgan fingerprint density at radius 2 is 1.97 bits per heavy atom. The number of para-hydroxylation sites is 1. The molecule has 2 amide bonds. The highest BCUT2D eigenvalue weighted by Gasteiger charge is 2.33. The molecule has 0 bridgehead atoms. The van der Waals surface area contributed by atoms with Gasteiger partial charge in [-0.05, 0) is 49.7 Å². The summed E-state index contributed by atoms with van der Waals surface area (Å²) in [5.41, 5.74) is 1.32. The molecule has 7 heteroatoms. The summed E-state index contributed by atoms with van der Waals surface area (Å²) in [7, 11) is 0. The summed E-state index contributed by atoms with van der Waals surface area (Å²) in [6.45, 7) is 5.01. The molecule has 1 atom stereocenters. The molecule has 1 fully saturated rings. The Kier molecular flexibility index (Phi) is 7.31. The fourth-order valence-corrected chi connectivity index (χ4v) is 3.92. The van der Waals surface area contributed by atoms with Crippen molar-refractivity contribution in [2.24, 2.45) is 0 Å². The fraction of sp³-hybridized carbons (Fsp3) is 0.273. The van der Waals surface area contributed by atoms with Crippen LogP contribution < -0.4 is 10.2 Å². The van der Waals surface area contributed by atoms with Gasteiger partial charge in [-0.25, -0.2) is 0 Å². The van der Waals surface area contributed by atoms with Gasteiger partial charge in [0.1, 0.15) is 0 Å². The first-order valence-electron chi connectivity index (χ1n) is 9.46. The molecule has 3 rings (SSSR count). The van der Waals surface area contributed by atoms with E-state index in [0.29, 0.717) is 35.2 Å². The van der Waals surface area contributed by atoms with Gasteiger partial charge < -0.3 is 10.2 Å². The number of halogens is 2. The lowest BCUT2D eigenvalue weighted by molar-refractivity contribution is -0.123. The summed E-state index contributed by atoms with van der Waals surface area (Å²) in [5.74, 6) is -0.241. The number of amides is 2. The monoisotopic (exact) mass is 431 g/mol. The summed E-state index contributed by atoms with van der Waals surface area (Å²) >= 11 is 12.1. The van der Waals surface area contributed by atoms with Crippen LogP contribution in [0.4, 0.5) is 11.4 Å². The molecule has 0 aromatic heterocycles. The second kappa shape index (κ2) is 9.92. The molecule has 0 aliphatic carbocycles. The number of likely N-dealkylation sites (tertiary alicyclic amines) is 1. The SMILES string of the molecule is C=CCN(C(=O)CN1CCC[C@H]1C(=O)Nc1ccc(Cl)cc1Cl)c1ccccc1. The number of hydrogen-bond acceptors (Lipinski definition) is 3. The quantitative estimate of drug-likeness (QED) is 0.650. The summed E-state index contributed by atoms with van der Waals surface area (Å²) in [4.78, 5) is 29.4. The average Bonchev–Trinajstić information content (AvgIpc) is 3.17. The van der Waals surface area contributed by atoms with E-state index in [1.165, 1.54) is 0 Å². The summed E-state index contributed by atoms with van der Waals surface area (Å²) in [6.07, 6.45) is 3.24. The number of rotatable bonds is 7. The minimum absolute atomic E-state index is 0.0691.